The highest BCUT2D eigenvalue weighted by Crippen LogP contribution is 2.13. The maximum absolute atomic E-state index is 12.6. The van der Waals surface area contributed by atoms with Crippen LogP contribution in [-0.2, 0) is 17.7 Å². The SMILES string of the molecule is CCn1c(Cc2ccc(C(=O)OC)cc2)nc2ccccc2c1=O. The number of aromatic nitrogens is 2. The van der Waals surface area contributed by atoms with Crippen molar-refractivity contribution >= 4 is 16.9 Å². The average molecular weight is 322 g/mol. The number of fused-ring (bicyclic) bond motifs is 1. The van der Waals surface area contributed by atoms with E-state index in [0.717, 1.165) is 5.56 Å². The van der Waals surface area contributed by atoms with E-state index >= 15 is 0 Å². The Kier molecular flexibility index (Phi) is 4.42. The molecule has 24 heavy (non-hydrogen) atoms. The summed E-state index contributed by atoms with van der Waals surface area (Å²) >= 11 is 0. The van der Waals surface area contributed by atoms with Gasteiger partial charge in [0.2, 0.25) is 0 Å². The lowest BCUT2D eigenvalue weighted by Gasteiger charge is -2.12. The Labute approximate surface area is 139 Å². The molecule has 0 aliphatic rings. The average Bonchev–Trinajstić information content (AvgIpc) is 2.62. The first kappa shape index (κ1) is 15.9. The summed E-state index contributed by atoms with van der Waals surface area (Å²) in [7, 11) is 1.36. The van der Waals surface area contributed by atoms with E-state index in [1.165, 1.54) is 7.11 Å². The van der Waals surface area contributed by atoms with Crippen LogP contribution >= 0.6 is 0 Å². The molecule has 5 nitrogen and oxygen atoms in total. The van der Waals surface area contributed by atoms with Crippen molar-refractivity contribution in [3.8, 4) is 0 Å². The van der Waals surface area contributed by atoms with Gasteiger partial charge < -0.3 is 4.74 Å². The lowest BCUT2D eigenvalue weighted by molar-refractivity contribution is 0.0600. The number of hydrogen-bond acceptors (Lipinski definition) is 4. The summed E-state index contributed by atoms with van der Waals surface area (Å²) in [5.74, 6) is 0.350. The Balaban J connectivity index is 2.00. The van der Waals surface area contributed by atoms with Crippen LogP contribution in [0.15, 0.2) is 53.3 Å². The third-order valence-corrected chi connectivity index (χ3v) is 3.99. The van der Waals surface area contributed by atoms with Crippen molar-refractivity contribution < 1.29 is 9.53 Å². The monoisotopic (exact) mass is 322 g/mol. The molecule has 122 valence electrons. The largest absolute Gasteiger partial charge is 0.465 e. The van der Waals surface area contributed by atoms with E-state index in [9.17, 15) is 9.59 Å². The highest BCUT2D eigenvalue weighted by Gasteiger charge is 2.11. The molecule has 0 radical (unpaired) electrons. The lowest BCUT2D eigenvalue weighted by Crippen LogP contribution is -2.24. The minimum atomic E-state index is -0.365. The van der Waals surface area contributed by atoms with Gasteiger partial charge in [-0.3, -0.25) is 9.36 Å². The molecule has 0 unspecified atom stereocenters. The van der Waals surface area contributed by atoms with Gasteiger partial charge in [0.15, 0.2) is 0 Å². The van der Waals surface area contributed by atoms with Crippen molar-refractivity contribution in [2.45, 2.75) is 19.9 Å². The number of carbonyl (C=O) groups is 1. The Bertz CT molecular complexity index is 943. The predicted molar refractivity (Wildman–Crippen MR) is 92.3 cm³/mol. The molecule has 5 heteroatoms. The minimum absolute atomic E-state index is 0.0238. The van der Waals surface area contributed by atoms with E-state index in [1.54, 1.807) is 22.8 Å². The van der Waals surface area contributed by atoms with Gasteiger partial charge in [-0.25, -0.2) is 9.78 Å². The van der Waals surface area contributed by atoms with Crippen molar-refractivity contribution in [2.24, 2.45) is 0 Å². The maximum atomic E-state index is 12.6. The highest BCUT2D eigenvalue weighted by molar-refractivity contribution is 5.89. The zero-order valence-electron chi connectivity index (χ0n) is 13.7. The second-order valence-electron chi connectivity index (χ2n) is 5.46. The first-order valence-corrected chi connectivity index (χ1v) is 7.79. The summed E-state index contributed by atoms with van der Waals surface area (Å²) in [6, 6.07) is 14.5. The lowest BCUT2D eigenvalue weighted by atomic mass is 10.1. The van der Waals surface area contributed by atoms with Gasteiger partial charge in [-0.15, -0.1) is 0 Å². The van der Waals surface area contributed by atoms with Crippen LogP contribution < -0.4 is 5.56 Å². The van der Waals surface area contributed by atoms with Crippen LogP contribution in [0.4, 0.5) is 0 Å². The molecule has 3 aromatic rings. The fraction of sp³-hybridized carbons (Fsp3) is 0.211. The molecule has 1 heterocycles. The zero-order valence-corrected chi connectivity index (χ0v) is 13.7. The number of ether oxygens (including phenoxy) is 1. The third kappa shape index (κ3) is 2.93. The van der Waals surface area contributed by atoms with Gasteiger partial charge in [0.25, 0.3) is 5.56 Å². The predicted octanol–water partition coefficient (Wildman–Crippen LogP) is 2.79. The summed E-state index contributed by atoms with van der Waals surface area (Å²) < 4.78 is 6.39. The van der Waals surface area contributed by atoms with E-state index < -0.39 is 0 Å². The zero-order chi connectivity index (χ0) is 17.1. The summed E-state index contributed by atoms with van der Waals surface area (Å²) in [6.45, 7) is 2.49. The molecular weight excluding hydrogens is 304 g/mol. The summed E-state index contributed by atoms with van der Waals surface area (Å²) in [4.78, 5) is 28.8. The van der Waals surface area contributed by atoms with Gasteiger partial charge in [-0.2, -0.15) is 0 Å². The third-order valence-electron chi connectivity index (χ3n) is 3.99. The molecule has 1 aromatic heterocycles. The van der Waals surface area contributed by atoms with E-state index in [1.807, 2.05) is 37.3 Å². The Morgan fingerprint density at radius 3 is 2.50 bits per heavy atom. The first-order valence-electron chi connectivity index (χ1n) is 7.79. The molecule has 0 spiro atoms. The van der Waals surface area contributed by atoms with Gasteiger partial charge in [0.05, 0.1) is 23.6 Å². The number of benzene rings is 2. The summed E-state index contributed by atoms with van der Waals surface area (Å²) in [6.07, 6.45) is 0.523. The van der Waals surface area contributed by atoms with Crippen LogP contribution in [0.1, 0.15) is 28.7 Å². The van der Waals surface area contributed by atoms with Gasteiger partial charge in [0.1, 0.15) is 5.82 Å². The summed E-state index contributed by atoms with van der Waals surface area (Å²) in [5.41, 5.74) is 2.16. The van der Waals surface area contributed by atoms with E-state index in [4.69, 9.17) is 4.74 Å². The van der Waals surface area contributed by atoms with Crippen LogP contribution in [0.2, 0.25) is 0 Å². The van der Waals surface area contributed by atoms with E-state index in [2.05, 4.69) is 4.98 Å². The number of para-hydroxylation sites is 1. The topological polar surface area (TPSA) is 61.2 Å². The normalized spacial score (nSPS) is 10.8. The molecule has 0 bridgehead atoms. The van der Waals surface area contributed by atoms with Gasteiger partial charge >= 0.3 is 5.97 Å². The summed E-state index contributed by atoms with van der Waals surface area (Å²) in [5, 5.41) is 0.629. The van der Waals surface area contributed by atoms with Crippen LogP contribution in [0, 0.1) is 0 Å². The van der Waals surface area contributed by atoms with Crippen molar-refractivity contribution in [1.82, 2.24) is 9.55 Å². The van der Waals surface area contributed by atoms with Gasteiger partial charge in [0, 0.05) is 13.0 Å². The minimum Gasteiger partial charge on any atom is -0.465 e. The second-order valence-corrected chi connectivity index (χ2v) is 5.46. The van der Waals surface area contributed by atoms with Crippen LogP contribution in [0.25, 0.3) is 10.9 Å². The van der Waals surface area contributed by atoms with Crippen molar-refractivity contribution in [3.63, 3.8) is 0 Å². The first-order chi connectivity index (χ1) is 11.6. The Hall–Kier alpha value is -2.95. The van der Waals surface area contributed by atoms with E-state index in [0.29, 0.717) is 35.3 Å². The van der Waals surface area contributed by atoms with Crippen molar-refractivity contribution in [1.29, 1.82) is 0 Å². The Morgan fingerprint density at radius 2 is 1.83 bits per heavy atom. The van der Waals surface area contributed by atoms with Crippen molar-refractivity contribution in [2.75, 3.05) is 7.11 Å². The quantitative estimate of drug-likeness (QED) is 0.693. The maximum Gasteiger partial charge on any atom is 0.337 e. The number of hydrogen-bond donors (Lipinski definition) is 0. The molecule has 0 saturated heterocycles. The van der Waals surface area contributed by atoms with Crippen LogP contribution in [0.5, 0.6) is 0 Å². The molecule has 3 rings (SSSR count). The number of methoxy groups -OCH3 is 1. The second kappa shape index (κ2) is 6.66. The van der Waals surface area contributed by atoms with Gasteiger partial charge in [-0.05, 0) is 36.8 Å². The number of carbonyl (C=O) groups excluding carboxylic acids is 1. The van der Waals surface area contributed by atoms with Crippen LogP contribution in [0.3, 0.4) is 0 Å². The fourth-order valence-electron chi connectivity index (χ4n) is 2.73. The van der Waals surface area contributed by atoms with Crippen molar-refractivity contribution in [3.05, 3.63) is 75.8 Å². The molecule has 0 N–H and O–H groups in total. The molecule has 2 aromatic carbocycles. The Morgan fingerprint density at radius 1 is 1.12 bits per heavy atom. The number of esters is 1. The number of nitrogens with zero attached hydrogens (tertiary/aromatic N) is 2. The standard InChI is InChI=1S/C19H18N2O3/c1-3-21-17(20-16-7-5-4-6-15(16)18(21)22)12-13-8-10-14(11-9-13)19(23)24-2/h4-11H,3,12H2,1-2H3. The number of rotatable bonds is 4. The molecule has 0 aliphatic carbocycles. The fourth-order valence-corrected chi connectivity index (χ4v) is 2.73. The molecule has 0 amide bonds. The van der Waals surface area contributed by atoms with E-state index in [-0.39, 0.29) is 11.5 Å². The molecule has 0 aliphatic heterocycles. The van der Waals surface area contributed by atoms with Crippen LogP contribution in [-0.4, -0.2) is 22.6 Å². The highest BCUT2D eigenvalue weighted by atomic mass is 16.5. The molecule has 0 atom stereocenters. The molecule has 0 saturated carbocycles. The smallest absolute Gasteiger partial charge is 0.337 e. The van der Waals surface area contributed by atoms with Gasteiger partial charge in [-0.1, -0.05) is 24.3 Å². The molecular formula is C19H18N2O3. The molecule has 0 fully saturated rings.